The maximum atomic E-state index is 12.9. The molecule has 0 atom stereocenters. The van der Waals surface area contributed by atoms with Crippen LogP contribution in [0.25, 0.3) is 0 Å². The number of esters is 1. The normalized spacial score (nSPS) is 12.8. The van der Waals surface area contributed by atoms with Crippen LogP contribution in [0.2, 0.25) is 5.02 Å². The Kier molecular flexibility index (Phi) is 7.12. The summed E-state index contributed by atoms with van der Waals surface area (Å²) in [5.74, 6) is -0.143. The zero-order chi connectivity index (χ0) is 22.5. The van der Waals surface area contributed by atoms with Crippen molar-refractivity contribution < 1.29 is 19.1 Å². The molecule has 0 saturated heterocycles. The maximum absolute atomic E-state index is 12.9. The third-order valence-electron chi connectivity index (χ3n) is 5.07. The van der Waals surface area contributed by atoms with Crippen LogP contribution in [-0.2, 0) is 24.3 Å². The summed E-state index contributed by atoms with van der Waals surface area (Å²) in [5, 5.41) is 8.28. The molecule has 1 aliphatic rings. The first-order valence-corrected chi connectivity index (χ1v) is 11.8. The van der Waals surface area contributed by atoms with Crippen molar-refractivity contribution in [2.75, 3.05) is 11.9 Å². The molecule has 32 heavy (non-hydrogen) atoms. The maximum Gasteiger partial charge on any atom is 0.341 e. The Hall–Kier alpha value is -2.84. The van der Waals surface area contributed by atoms with E-state index in [2.05, 4.69) is 10.4 Å². The summed E-state index contributed by atoms with van der Waals surface area (Å²) in [5.41, 5.74) is 1.74. The number of thiophene rings is 1. The SMILES string of the molecule is CCCOC(=O)c1c(NC(=O)c2ccn(COc3cccc(Cl)c3)n2)sc2c1CCCC2. The van der Waals surface area contributed by atoms with Gasteiger partial charge in [-0.25, -0.2) is 9.48 Å². The molecule has 2 aromatic heterocycles. The number of hydrogen-bond acceptors (Lipinski definition) is 6. The first-order chi connectivity index (χ1) is 15.5. The van der Waals surface area contributed by atoms with E-state index in [1.165, 1.54) is 16.0 Å². The first kappa shape index (κ1) is 22.4. The van der Waals surface area contributed by atoms with Crippen LogP contribution < -0.4 is 10.1 Å². The van der Waals surface area contributed by atoms with Crippen LogP contribution in [0.3, 0.4) is 0 Å². The number of anilines is 1. The van der Waals surface area contributed by atoms with E-state index in [4.69, 9.17) is 21.1 Å². The minimum Gasteiger partial charge on any atom is -0.471 e. The molecule has 0 saturated carbocycles. The van der Waals surface area contributed by atoms with Crippen LogP contribution in [0.15, 0.2) is 36.5 Å². The molecule has 1 aliphatic carbocycles. The number of ether oxygens (including phenoxy) is 2. The van der Waals surface area contributed by atoms with Crippen LogP contribution in [-0.4, -0.2) is 28.3 Å². The highest BCUT2D eigenvalue weighted by Crippen LogP contribution is 2.38. The lowest BCUT2D eigenvalue weighted by molar-refractivity contribution is 0.0505. The molecule has 0 aliphatic heterocycles. The number of halogens is 1. The summed E-state index contributed by atoms with van der Waals surface area (Å²) in [4.78, 5) is 26.7. The molecule has 0 radical (unpaired) electrons. The van der Waals surface area contributed by atoms with Gasteiger partial charge in [0.2, 0.25) is 0 Å². The Labute approximate surface area is 195 Å². The summed E-state index contributed by atoms with van der Waals surface area (Å²) in [6.45, 7) is 2.44. The lowest BCUT2D eigenvalue weighted by Gasteiger charge is -2.12. The van der Waals surface area contributed by atoms with Gasteiger partial charge in [0.15, 0.2) is 12.4 Å². The van der Waals surface area contributed by atoms with E-state index >= 15 is 0 Å². The summed E-state index contributed by atoms with van der Waals surface area (Å²) in [6.07, 6.45) is 6.26. The van der Waals surface area contributed by atoms with Crippen molar-refractivity contribution in [2.24, 2.45) is 0 Å². The number of nitrogens with one attached hydrogen (secondary N) is 1. The van der Waals surface area contributed by atoms with E-state index < -0.39 is 0 Å². The highest BCUT2D eigenvalue weighted by atomic mass is 35.5. The summed E-state index contributed by atoms with van der Waals surface area (Å²) < 4.78 is 12.6. The van der Waals surface area contributed by atoms with E-state index in [0.717, 1.165) is 42.5 Å². The quantitative estimate of drug-likeness (QED) is 0.447. The van der Waals surface area contributed by atoms with Gasteiger partial charge < -0.3 is 14.8 Å². The molecule has 0 spiro atoms. The molecular weight excluding hydrogens is 450 g/mol. The second-order valence-corrected chi connectivity index (χ2v) is 9.02. The number of rotatable bonds is 8. The average Bonchev–Trinajstić information content (AvgIpc) is 3.40. The number of nitrogens with zero attached hydrogens (tertiary/aromatic N) is 2. The van der Waals surface area contributed by atoms with Crippen molar-refractivity contribution in [2.45, 2.75) is 45.8 Å². The zero-order valence-corrected chi connectivity index (χ0v) is 19.3. The number of carbonyl (C=O) groups excluding carboxylic acids is 2. The van der Waals surface area contributed by atoms with Gasteiger partial charge in [0.1, 0.15) is 10.8 Å². The molecular formula is C23H24ClN3O4S. The minimum atomic E-state index is -0.380. The standard InChI is InChI=1S/C23H24ClN3O4S/c1-2-12-30-23(29)20-17-8-3-4-9-19(17)32-22(20)25-21(28)18-10-11-27(26-18)14-31-16-7-5-6-15(24)13-16/h5-7,10-11,13H,2-4,8-9,12,14H2,1H3,(H,25,28). The Bertz CT molecular complexity index is 1120. The van der Waals surface area contributed by atoms with E-state index in [9.17, 15) is 9.59 Å². The van der Waals surface area contributed by atoms with Gasteiger partial charge in [-0.2, -0.15) is 5.10 Å². The van der Waals surface area contributed by atoms with Crippen LogP contribution >= 0.6 is 22.9 Å². The van der Waals surface area contributed by atoms with Gasteiger partial charge in [0.05, 0.1) is 12.2 Å². The van der Waals surface area contributed by atoms with E-state index in [1.54, 1.807) is 36.5 Å². The smallest absolute Gasteiger partial charge is 0.341 e. The fourth-order valence-corrected chi connectivity index (χ4v) is 5.01. The molecule has 0 bridgehead atoms. The lowest BCUT2D eigenvalue weighted by atomic mass is 9.95. The van der Waals surface area contributed by atoms with Crippen LogP contribution in [0.1, 0.15) is 57.5 Å². The van der Waals surface area contributed by atoms with Crippen molar-refractivity contribution in [1.29, 1.82) is 0 Å². The minimum absolute atomic E-state index is 0.134. The third kappa shape index (κ3) is 5.14. The van der Waals surface area contributed by atoms with Gasteiger partial charge in [-0.05, 0) is 61.9 Å². The molecule has 2 heterocycles. The lowest BCUT2D eigenvalue weighted by Crippen LogP contribution is -2.17. The van der Waals surface area contributed by atoms with Gasteiger partial charge in [-0.3, -0.25) is 4.79 Å². The van der Waals surface area contributed by atoms with Gasteiger partial charge in [0, 0.05) is 16.1 Å². The van der Waals surface area contributed by atoms with E-state index in [0.29, 0.717) is 27.9 Å². The number of aromatic nitrogens is 2. The monoisotopic (exact) mass is 473 g/mol. The average molecular weight is 474 g/mol. The van der Waals surface area contributed by atoms with Crippen LogP contribution in [0.5, 0.6) is 5.75 Å². The van der Waals surface area contributed by atoms with Crippen molar-refractivity contribution in [3.8, 4) is 5.75 Å². The Morgan fingerprint density at radius 3 is 2.91 bits per heavy atom. The first-order valence-electron chi connectivity index (χ1n) is 10.6. The van der Waals surface area contributed by atoms with E-state index in [-0.39, 0.29) is 24.3 Å². The Balaban J connectivity index is 1.47. The molecule has 0 unspecified atom stereocenters. The molecule has 0 fully saturated rings. The predicted octanol–water partition coefficient (Wildman–Crippen LogP) is 5.33. The Morgan fingerprint density at radius 2 is 2.09 bits per heavy atom. The van der Waals surface area contributed by atoms with Crippen molar-refractivity contribution in [3.05, 3.63) is 63.2 Å². The molecule has 1 N–H and O–H groups in total. The number of carbonyl (C=O) groups is 2. The highest BCUT2D eigenvalue weighted by molar-refractivity contribution is 7.17. The molecule has 1 aromatic carbocycles. The molecule has 3 aromatic rings. The van der Waals surface area contributed by atoms with Crippen molar-refractivity contribution in [3.63, 3.8) is 0 Å². The van der Waals surface area contributed by atoms with Crippen LogP contribution in [0.4, 0.5) is 5.00 Å². The second kappa shape index (κ2) is 10.2. The molecule has 1 amide bonds. The molecule has 4 rings (SSSR count). The summed E-state index contributed by atoms with van der Waals surface area (Å²) in [7, 11) is 0. The number of benzene rings is 1. The van der Waals surface area contributed by atoms with Crippen molar-refractivity contribution >= 4 is 39.8 Å². The highest BCUT2D eigenvalue weighted by Gasteiger charge is 2.27. The topological polar surface area (TPSA) is 82.5 Å². The third-order valence-corrected chi connectivity index (χ3v) is 6.51. The number of aryl methyl sites for hydroxylation is 1. The van der Waals surface area contributed by atoms with Gasteiger partial charge in [0.25, 0.3) is 5.91 Å². The largest absolute Gasteiger partial charge is 0.471 e. The van der Waals surface area contributed by atoms with Crippen molar-refractivity contribution in [1.82, 2.24) is 9.78 Å². The molecule has 9 heteroatoms. The van der Waals surface area contributed by atoms with Gasteiger partial charge in [-0.15, -0.1) is 11.3 Å². The Morgan fingerprint density at radius 1 is 1.25 bits per heavy atom. The fourth-order valence-electron chi connectivity index (χ4n) is 3.56. The second-order valence-electron chi connectivity index (χ2n) is 7.48. The summed E-state index contributed by atoms with van der Waals surface area (Å²) >= 11 is 7.42. The summed E-state index contributed by atoms with van der Waals surface area (Å²) in [6, 6.07) is 8.67. The van der Waals surface area contributed by atoms with Gasteiger partial charge in [-0.1, -0.05) is 24.6 Å². The predicted molar refractivity (Wildman–Crippen MR) is 124 cm³/mol. The number of hydrogen-bond donors (Lipinski definition) is 1. The molecule has 7 nitrogen and oxygen atoms in total. The number of fused-ring (bicyclic) bond motifs is 1. The van der Waals surface area contributed by atoms with Gasteiger partial charge >= 0.3 is 5.97 Å². The van der Waals surface area contributed by atoms with E-state index in [1.807, 2.05) is 6.92 Å². The molecule has 168 valence electrons. The zero-order valence-electron chi connectivity index (χ0n) is 17.7. The fraction of sp³-hybridized carbons (Fsp3) is 0.348. The number of amides is 1. The van der Waals surface area contributed by atoms with Crippen LogP contribution in [0, 0.1) is 0 Å².